The Kier molecular flexibility index (Phi) is 7.06. The molecule has 3 aromatic rings. The number of anilines is 1. The number of fused-ring (bicyclic) bond motifs is 1. The van der Waals surface area contributed by atoms with Crippen molar-refractivity contribution in [2.24, 2.45) is 0 Å². The molecule has 0 spiro atoms. The fourth-order valence-corrected chi connectivity index (χ4v) is 3.45. The van der Waals surface area contributed by atoms with Crippen LogP contribution in [0.15, 0.2) is 53.5 Å². The van der Waals surface area contributed by atoms with E-state index in [0.29, 0.717) is 36.0 Å². The molecule has 34 heavy (non-hydrogen) atoms. The molecule has 0 aliphatic carbocycles. The van der Waals surface area contributed by atoms with Crippen LogP contribution in [0.1, 0.15) is 16.7 Å². The summed E-state index contributed by atoms with van der Waals surface area (Å²) in [6.07, 6.45) is -9.28. The van der Waals surface area contributed by atoms with Crippen molar-refractivity contribution in [3.63, 3.8) is 0 Å². The van der Waals surface area contributed by atoms with E-state index in [4.69, 9.17) is 0 Å². The maximum atomic E-state index is 13.4. The second kappa shape index (κ2) is 9.49. The molecule has 1 amide bonds. The normalized spacial score (nSPS) is 12.4. The Balaban J connectivity index is 1.89. The number of nitrogens with zero attached hydrogens (tertiary/aromatic N) is 2. The Morgan fingerprint density at radius 1 is 0.971 bits per heavy atom. The summed E-state index contributed by atoms with van der Waals surface area (Å²) in [4.78, 5) is 27.2. The molecule has 0 atom stereocenters. The van der Waals surface area contributed by atoms with Crippen molar-refractivity contribution in [2.75, 3.05) is 26.0 Å². The van der Waals surface area contributed by atoms with Crippen molar-refractivity contribution in [1.29, 1.82) is 0 Å². The predicted octanol–water partition coefficient (Wildman–Crippen LogP) is 4.78. The molecule has 3 rings (SSSR count). The predicted molar refractivity (Wildman–Crippen MR) is 116 cm³/mol. The van der Waals surface area contributed by atoms with Gasteiger partial charge in [0, 0.05) is 35.7 Å². The molecule has 0 saturated carbocycles. The summed E-state index contributed by atoms with van der Waals surface area (Å²) in [6.45, 7) is 1.06. The number of aromatic nitrogens is 1. The highest BCUT2D eigenvalue weighted by molar-refractivity contribution is 6.02. The average Bonchev–Trinajstić information content (AvgIpc) is 2.72. The first-order valence-electron chi connectivity index (χ1n) is 10.1. The van der Waals surface area contributed by atoms with Crippen LogP contribution in [0, 0.1) is 0 Å². The van der Waals surface area contributed by atoms with Crippen molar-refractivity contribution in [3.05, 3.63) is 75.7 Å². The van der Waals surface area contributed by atoms with Crippen molar-refractivity contribution < 1.29 is 31.1 Å². The second-order valence-corrected chi connectivity index (χ2v) is 7.98. The molecule has 11 heteroatoms. The van der Waals surface area contributed by atoms with Gasteiger partial charge in [-0.3, -0.25) is 9.59 Å². The molecule has 1 N–H and O–H groups in total. The van der Waals surface area contributed by atoms with Gasteiger partial charge in [0.1, 0.15) is 0 Å². The SMILES string of the molecule is CN(C)CCn1ccc2c(NC(=O)Cc3ccc(C(F)(F)F)cc3C(F)(F)F)cccc2c1=O. The molecule has 0 bridgehead atoms. The number of likely N-dealkylation sites (N-methyl/N-ethyl adjacent to an activating group) is 1. The zero-order chi connectivity index (χ0) is 25.3. The maximum absolute atomic E-state index is 13.4. The fraction of sp³-hybridized carbons (Fsp3) is 0.304. The monoisotopic (exact) mass is 485 g/mol. The Morgan fingerprint density at radius 3 is 2.29 bits per heavy atom. The van der Waals surface area contributed by atoms with E-state index in [2.05, 4.69) is 5.32 Å². The topological polar surface area (TPSA) is 54.3 Å². The maximum Gasteiger partial charge on any atom is 0.416 e. The largest absolute Gasteiger partial charge is 0.416 e. The van der Waals surface area contributed by atoms with E-state index < -0.39 is 41.4 Å². The highest BCUT2D eigenvalue weighted by atomic mass is 19.4. The molecule has 182 valence electrons. The lowest BCUT2D eigenvalue weighted by atomic mass is 10.00. The summed E-state index contributed by atoms with van der Waals surface area (Å²) in [5.74, 6) is -0.866. The summed E-state index contributed by atoms with van der Waals surface area (Å²) < 4.78 is 80.2. The molecule has 0 saturated heterocycles. The van der Waals surface area contributed by atoms with Crippen LogP contribution in [0.4, 0.5) is 32.0 Å². The van der Waals surface area contributed by atoms with Crippen LogP contribution in [0.5, 0.6) is 0 Å². The Bertz CT molecular complexity index is 1260. The molecule has 1 aromatic heterocycles. The van der Waals surface area contributed by atoms with Gasteiger partial charge >= 0.3 is 12.4 Å². The number of alkyl halides is 6. The third kappa shape index (κ3) is 5.77. The Hall–Kier alpha value is -3.34. The van der Waals surface area contributed by atoms with Gasteiger partial charge in [0.2, 0.25) is 5.91 Å². The van der Waals surface area contributed by atoms with Crippen LogP contribution in [0.25, 0.3) is 10.8 Å². The molecule has 5 nitrogen and oxygen atoms in total. The number of rotatable bonds is 6. The number of amides is 1. The minimum atomic E-state index is -5.08. The third-order valence-corrected chi connectivity index (χ3v) is 5.17. The van der Waals surface area contributed by atoms with Gasteiger partial charge < -0.3 is 14.8 Å². The summed E-state index contributed by atoms with van der Waals surface area (Å²) in [5, 5.41) is 3.17. The van der Waals surface area contributed by atoms with Gasteiger partial charge in [-0.05, 0) is 50.0 Å². The number of hydrogen-bond acceptors (Lipinski definition) is 3. The van der Waals surface area contributed by atoms with Gasteiger partial charge in [0.05, 0.1) is 17.5 Å². The van der Waals surface area contributed by atoms with Crippen LogP contribution < -0.4 is 10.9 Å². The van der Waals surface area contributed by atoms with E-state index in [9.17, 15) is 35.9 Å². The van der Waals surface area contributed by atoms with E-state index in [-0.39, 0.29) is 17.3 Å². The van der Waals surface area contributed by atoms with Gasteiger partial charge in [-0.15, -0.1) is 0 Å². The third-order valence-electron chi connectivity index (χ3n) is 5.17. The molecule has 0 fully saturated rings. The Morgan fingerprint density at radius 2 is 1.68 bits per heavy atom. The Labute approximate surface area is 190 Å². The van der Waals surface area contributed by atoms with E-state index in [1.807, 2.05) is 19.0 Å². The zero-order valence-corrected chi connectivity index (χ0v) is 18.2. The van der Waals surface area contributed by atoms with E-state index in [1.165, 1.54) is 16.7 Å². The van der Waals surface area contributed by atoms with Crippen LogP contribution in [-0.4, -0.2) is 36.0 Å². The van der Waals surface area contributed by atoms with E-state index >= 15 is 0 Å². The number of hydrogen-bond donors (Lipinski definition) is 1. The summed E-state index contributed by atoms with van der Waals surface area (Å²) in [7, 11) is 3.72. The van der Waals surface area contributed by atoms with Crippen molar-refractivity contribution in [3.8, 4) is 0 Å². The zero-order valence-electron chi connectivity index (χ0n) is 18.2. The lowest BCUT2D eigenvalue weighted by Gasteiger charge is -2.16. The minimum absolute atomic E-state index is 0.00326. The van der Waals surface area contributed by atoms with Crippen molar-refractivity contribution in [1.82, 2.24) is 9.47 Å². The molecule has 0 aliphatic heterocycles. The fourth-order valence-electron chi connectivity index (χ4n) is 3.45. The number of carbonyl (C=O) groups excluding carboxylic acids is 1. The molecule has 0 unspecified atom stereocenters. The summed E-state index contributed by atoms with van der Waals surface area (Å²) in [5.41, 5.74) is -3.66. The van der Waals surface area contributed by atoms with Gasteiger partial charge in [-0.2, -0.15) is 26.3 Å². The van der Waals surface area contributed by atoms with Crippen molar-refractivity contribution in [2.45, 2.75) is 25.3 Å². The molecule has 2 aromatic carbocycles. The molecular weight excluding hydrogens is 464 g/mol. The summed E-state index contributed by atoms with van der Waals surface area (Å²) in [6, 6.07) is 7.34. The van der Waals surface area contributed by atoms with Crippen LogP contribution in [0.2, 0.25) is 0 Å². The first kappa shape index (κ1) is 25.3. The van der Waals surface area contributed by atoms with Gasteiger partial charge in [0.15, 0.2) is 0 Å². The number of halogens is 6. The lowest BCUT2D eigenvalue weighted by Crippen LogP contribution is -2.26. The first-order valence-corrected chi connectivity index (χ1v) is 10.1. The molecule has 0 aliphatic rings. The number of benzene rings is 2. The number of nitrogens with one attached hydrogen (secondary N) is 1. The quantitative estimate of drug-likeness (QED) is 0.512. The molecular formula is C23H21F6N3O2. The second-order valence-electron chi connectivity index (χ2n) is 7.98. The molecule has 1 heterocycles. The van der Waals surface area contributed by atoms with Crippen LogP contribution in [-0.2, 0) is 30.1 Å². The van der Waals surface area contributed by atoms with E-state index in [0.717, 1.165) is 0 Å². The van der Waals surface area contributed by atoms with Crippen LogP contribution >= 0.6 is 0 Å². The number of pyridine rings is 1. The van der Waals surface area contributed by atoms with Gasteiger partial charge in [0.25, 0.3) is 5.56 Å². The standard InChI is InChI=1S/C23H21F6N3O2/c1-31(2)10-11-32-9-8-16-17(21(32)34)4-3-5-19(16)30-20(33)12-14-6-7-15(22(24,25)26)13-18(14)23(27,28)29/h3-9,13H,10-12H2,1-2H3,(H,30,33). The summed E-state index contributed by atoms with van der Waals surface area (Å²) >= 11 is 0. The highest BCUT2D eigenvalue weighted by Gasteiger charge is 2.38. The van der Waals surface area contributed by atoms with Gasteiger partial charge in [-0.25, -0.2) is 0 Å². The van der Waals surface area contributed by atoms with Gasteiger partial charge in [-0.1, -0.05) is 12.1 Å². The van der Waals surface area contributed by atoms with Crippen molar-refractivity contribution >= 4 is 22.4 Å². The molecule has 0 radical (unpaired) electrons. The first-order chi connectivity index (χ1) is 15.8. The smallest absolute Gasteiger partial charge is 0.325 e. The van der Waals surface area contributed by atoms with Crippen LogP contribution in [0.3, 0.4) is 0 Å². The lowest BCUT2D eigenvalue weighted by molar-refractivity contribution is -0.143. The minimum Gasteiger partial charge on any atom is -0.325 e. The average molecular weight is 485 g/mol. The highest BCUT2D eigenvalue weighted by Crippen LogP contribution is 2.37. The van der Waals surface area contributed by atoms with E-state index in [1.54, 1.807) is 18.3 Å². The number of carbonyl (C=O) groups is 1.